The quantitative estimate of drug-likeness (QED) is 0.818. The van der Waals surface area contributed by atoms with Crippen LogP contribution in [-0.4, -0.2) is 19.3 Å². The minimum absolute atomic E-state index is 0.448. The summed E-state index contributed by atoms with van der Waals surface area (Å²) in [7, 11) is 0. The van der Waals surface area contributed by atoms with Crippen molar-refractivity contribution < 1.29 is 4.74 Å². The number of hydrogen-bond acceptors (Lipinski definition) is 2. The molecule has 0 radical (unpaired) electrons. The minimum atomic E-state index is 0.448. The molecule has 0 bridgehead atoms. The average molecular weight is 333 g/mol. The van der Waals surface area contributed by atoms with Crippen LogP contribution in [0.1, 0.15) is 31.2 Å². The van der Waals surface area contributed by atoms with Gasteiger partial charge in [0.1, 0.15) is 0 Å². The molecule has 0 amide bonds. The molecule has 0 aromatic heterocycles. The third-order valence-corrected chi connectivity index (χ3v) is 4.10. The smallest absolute Gasteiger partial charge is 0.0587 e. The molecule has 0 spiro atoms. The lowest BCUT2D eigenvalue weighted by molar-refractivity contribution is 0.0115. The molecular formula is C14H19BrClNO. The van der Waals surface area contributed by atoms with E-state index in [4.69, 9.17) is 16.3 Å². The van der Waals surface area contributed by atoms with Gasteiger partial charge in [0, 0.05) is 22.6 Å². The van der Waals surface area contributed by atoms with E-state index in [9.17, 15) is 0 Å². The van der Waals surface area contributed by atoms with Gasteiger partial charge in [0.25, 0.3) is 0 Å². The third kappa shape index (κ3) is 4.54. The number of hydrogen-bond donors (Lipinski definition) is 1. The van der Waals surface area contributed by atoms with E-state index in [0.717, 1.165) is 41.2 Å². The second-order valence-corrected chi connectivity index (χ2v) is 6.01. The molecule has 1 aromatic carbocycles. The molecule has 1 heterocycles. The van der Waals surface area contributed by atoms with Gasteiger partial charge in [-0.2, -0.15) is 0 Å². The highest BCUT2D eigenvalue weighted by Crippen LogP contribution is 2.21. The Morgan fingerprint density at radius 1 is 1.39 bits per heavy atom. The molecule has 0 saturated carbocycles. The van der Waals surface area contributed by atoms with E-state index in [1.54, 1.807) is 0 Å². The molecule has 0 aliphatic carbocycles. The maximum atomic E-state index is 6.14. The Morgan fingerprint density at radius 3 is 3.06 bits per heavy atom. The maximum absolute atomic E-state index is 6.14. The predicted octanol–water partition coefficient (Wildman–Crippen LogP) is 4.15. The van der Waals surface area contributed by atoms with Gasteiger partial charge >= 0.3 is 0 Å². The number of benzene rings is 1. The Hall–Kier alpha value is -0.0900. The molecule has 1 saturated heterocycles. The molecule has 2 nitrogen and oxygen atoms in total. The van der Waals surface area contributed by atoms with E-state index < -0.39 is 0 Å². The van der Waals surface area contributed by atoms with Crippen molar-refractivity contribution in [3.05, 3.63) is 33.3 Å². The Labute approximate surface area is 122 Å². The zero-order valence-electron chi connectivity index (χ0n) is 10.4. The monoisotopic (exact) mass is 331 g/mol. The first-order chi connectivity index (χ1) is 8.75. The number of halogens is 2. The fourth-order valence-corrected chi connectivity index (χ4v) is 2.79. The summed E-state index contributed by atoms with van der Waals surface area (Å²) in [5, 5.41) is 4.25. The van der Waals surface area contributed by atoms with Crippen molar-refractivity contribution in [2.24, 2.45) is 0 Å². The van der Waals surface area contributed by atoms with Crippen LogP contribution in [0.15, 0.2) is 22.7 Å². The fraction of sp³-hybridized carbons (Fsp3) is 0.571. The highest BCUT2D eigenvalue weighted by atomic mass is 79.9. The van der Waals surface area contributed by atoms with Crippen LogP contribution in [-0.2, 0) is 11.3 Å². The van der Waals surface area contributed by atoms with Crippen molar-refractivity contribution in [1.29, 1.82) is 0 Å². The Kier molecular flexibility index (Phi) is 5.96. The lowest BCUT2D eigenvalue weighted by atomic mass is 10.1. The van der Waals surface area contributed by atoms with E-state index in [0.29, 0.717) is 6.10 Å². The zero-order chi connectivity index (χ0) is 12.8. The van der Waals surface area contributed by atoms with Crippen LogP contribution >= 0.6 is 27.5 Å². The number of ether oxygens (including phenoxy) is 1. The zero-order valence-corrected chi connectivity index (χ0v) is 12.8. The van der Waals surface area contributed by atoms with Gasteiger partial charge in [-0.25, -0.2) is 0 Å². The van der Waals surface area contributed by atoms with Crippen LogP contribution in [0.4, 0.5) is 0 Å². The molecule has 4 heteroatoms. The minimum Gasteiger partial charge on any atom is -0.378 e. The van der Waals surface area contributed by atoms with Gasteiger partial charge in [0.2, 0.25) is 0 Å². The summed E-state index contributed by atoms with van der Waals surface area (Å²) in [5.74, 6) is 0. The summed E-state index contributed by atoms with van der Waals surface area (Å²) >= 11 is 9.60. The first-order valence-electron chi connectivity index (χ1n) is 6.52. The van der Waals surface area contributed by atoms with Gasteiger partial charge in [0.05, 0.1) is 6.10 Å². The summed E-state index contributed by atoms with van der Waals surface area (Å²) in [4.78, 5) is 0. The summed E-state index contributed by atoms with van der Waals surface area (Å²) in [6, 6.07) is 5.95. The van der Waals surface area contributed by atoms with Gasteiger partial charge in [-0.3, -0.25) is 0 Å². The van der Waals surface area contributed by atoms with Crippen molar-refractivity contribution in [3.8, 4) is 0 Å². The molecule has 1 unspecified atom stereocenters. The van der Waals surface area contributed by atoms with Gasteiger partial charge in [0.15, 0.2) is 0 Å². The van der Waals surface area contributed by atoms with Crippen molar-refractivity contribution in [2.45, 2.75) is 38.3 Å². The van der Waals surface area contributed by atoms with Crippen molar-refractivity contribution in [3.63, 3.8) is 0 Å². The molecule has 2 rings (SSSR count). The van der Waals surface area contributed by atoms with Crippen LogP contribution in [0.25, 0.3) is 0 Å². The first kappa shape index (κ1) is 14.3. The second-order valence-electron chi connectivity index (χ2n) is 4.69. The fourth-order valence-electron chi connectivity index (χ4n) is 2.20. The largest absolute Gasteiger partial charge is 0.378 e. The molecule has 1 aromatic rings. The van der Waals surface area contributed by atoms with E-state index in [1.807, 2.05) is 12.1 Å². The van der Waals surface area contributed by atoms with Crippen LogP contribution in [0.2, 0.25) is 5.02 Å². The molecule has 1 N–H and O–H groups in total. The molecular weight excluding hydrogens is 314 g/mol. The van der Waals surface area contributed by atoms with Crippen LogP contribution < -0.4 is 5.32 Å². The summed E-state index contributed by atoms with van der Waals surface area (Å²) < 4.78 is 6.77. The number of nitrogens with one attached hydrogen (secondary N) is 1. The summed E-state index contributed by atoms with van der Waals surface area (Å²) in [5.41, 5.74) is 1.13. The average Bonchev–Trinajstić information content (AvgIpc) is 2.40. The normalized spacial score (nSPS) is 20.0. The van der Waals surface area contributed by atoms with Gasteiger partial charge < -0.3 is 10.1 Å². The molecule has 1 aliphatic heterocycles. The van der Waals surface area contributed by atoms with Crippen molar-refractivity contribution >= 4 is 27.5 Å². The molecule has 1 aliphatic rings. The van der Waals surface area contributed by atoms with Gasteiger partial charge in [-0.1, -0.05) is 27.5 Å². The molecule has 1 fully saturated rings. The van der Waals surface area contributed by atoms with Crippen molar-refractivity contribution in [1.82, 2.24) is 5.32 Å². The van der Waals surface area contributed by atoms with Crippen LogP contribution in [0, 0.1) is 0 Å². The maximum Gasteiger partial charge on any atom is 0.0587 e. The Bertz CT molecular complexity index is 380. The second kappa shape index (κ2) is 7.49. The van der Waals surface area contributed by atoms with E-state index in [2.05, 4.69) is 27.3 Å². The molecule has 100 valence electrons. The summed E-state index contributed by atoms with van der Waals surface area (Å²) in [6.07, 6.45) is 5.27. The van der Waals surface area contributed by atoms with Gasteiger partial charge in [-0.05, 0) is 56.0 Å². The van der Waals surface area contributed by atoms with Crippen LogP contribution in [0.3, 0.4) is 0 Å². The first-order valence-corrected chi connectivity index (χ1v) is 7.69. The Balaban J connectivity index is 1.69. The van der Waals surface area contributed by atoms with Crippen molar-refractivity contribution in [2.75, 3.05) is 13.2 Å². The topological polar surface area (TPSA) is 21.3 Å². The van der Waals surface area contributed by atoms with Crippen LogP contribution in [0.5, 0.6) is 0 Å². The standard InChI is InChI=1S/C14H19BrClNO/c15-12-4-5-14(16)11(9-12)10-17-7-6-13-3-1-2-8-18-13/h4-5,9,13,17H,1-3,6-8,10H2. The molecule has 1 atom stereocenters. The lowest BCUT2D eigenvalue weighted by Gasteiger charge is -2.22. The van der Waals surface area contributed by atoms with Gasteiger partial charge in [-0.15, -0.1) is 0 Å². The predicted molar refractivity (Wildman–Crippen MR) is 79.1 cm³/mol. The Morgan fingerprint density at radius 2 is 2.28 bits per heavy atom. The van der Waals surface area contributed by atoms with E-state index >= 15 is 0 Å². The number of rotatable bonds is 5. The highest BCUT2D eigenvalue weighted by molar-refractivity contribution is 9.10. The summed E-state index contributed by atoms with van der Waals surface area (Å²) in [6.45, 7) is 2.72. The highest BCUT2D eigenvalue weighted by Gasteiger charge is 2.12. The molecule has 18 heavy (non-hydrogen) atoms. The van der Waals surface area contributed by atoms with E-state index in [-0.39, 0.29) is 0 Å². The van der Waals surface area contributed by atoms with E-state index in [1.165, 1.54) is 19.3 Å². The SMILES string of the molecule is Clc1ccc(Br)cc1CNCCC1CCCCO1. The lowest BCUT2D eigenvalue weighted by Crippen LogP contribution is -2.25. The third-order valence-electron chi connectivity index (χ3n) is 3.24.